The van der Waals surface area contributed by atoms with Crippen LogP contribution in [0.25, 0.3) is 0 Å². The molecule has 0 N–H and O–H groups in total. The minimum absolute atomic E-state index is 0. The molecular weight excluding hydrogens is 390 g/mol. The summed E-state index contributed by atoms with van der Waals surface area (Å²) in [7, 11) is 4.63. The fourth-order valence-electron chi connectivity index (χ4n) is 3.07. The zero-order chi connectivity index (χ0) is 19.0. The standard InChI is InChI=1S/C22H44NO2.BrH/c1-6-7-8-9-10-11-12-13-14-15-18-23(4,5)19-16-17-20-25-22(24)21(2)3;/h2,6-20H2,1,3-5H3;1H/q+1;/p-1. The molecule has 0 unspecified atom stereocenters. The molecule has 0 atom stereocenters. The number of quaternary nitrogens is 1. The van der Waals surface area contributed by atoms with Crippen LogP contribution in [-0.4, -0.2) is 44.2 Å². The van der Waals surface area contributed by atoms with E-state index in [1.165, 1.54) is 70.8 Å². The number of nitrogens with zero attached hydrogens (tertiary/aromatic N) is 1. The van der Waals surface area contributed by atoms with Gasteiger partial charge in [0.05, 0.1) is 33.8 Å². The summed E-state index contributed by atoms with van der Waals surface area (Å²) in [5, 5.41) is 0. The van der Waals surface area contributed by atoms with Gasteiger partial charge in [-0.05, 0) is 32.6 Å². The average Bonchev–Trinajstić information content (AvgIpc) is 2.55. The van der Waals surface area contributed by atoms with Crippen LogP contribution >= 0.6 is 0 Å². The third kappa shape index (κ3) is 18.4. The molecule has 0 rings (SSSR count). The van der Waals surface area contributed by atoms with Crippen LogP contribution < -0.4 is 17.0 Å². The van der Waals surface area contributed by atoms with Gasteiger partial charge in [-0.15, -0.1) is 0 Å². The molecule has 4 heteroatoms. The number of esters is 1. The number of carbonyl (C=O) groups is 1. The Morgan fingerprint density at radius 2 is 1.23 bits per heavy atom. The Hall–Kier alpha value is -0.350. The Morgan fingerprint density at radius 1 is 0.808 bits per heavy atom. The van der Waals surface area contributed by atoms with Crippen molar-refractivity contribution in [2.24, 2.45) is 0 Å². The van der Waals surface area contributed by atoms with Crippen LogP contribution in [0.3, 0.4) is 0 Å². The second-order valence-electron chi connectivity index (χ2n) is 8.19. The van der Waals surface area contributed by atoms with Gasteiger partial charge < -0.3 is 26.2 Å². The normalized spacial score (nSPS) is 11.1. The maximum absolute atomic E-state index is 11.3. The van der Waals surface area contributed by atoms with Gasteiger partial charge in [0, 0.05) is 5.57 Å². The number of ether oxygens (including phenoxy) is 1. The van der Waals surface area contributed by atoms with Crippen molar-refractivity contribution in [1.82, 2.24) is 0 Å². The van der Waals surface area contributed by atoms with Crippen LogP contribution in [0.1, 0.15) is 90.9 Å². The first-order valence-corrected chi connectivity index (χ1v) is 10.5. The molecule has 0 saturated heterocycles. The Balaban J connectivity index is 0. The molecule has 0 aliphatic carbocycles. The van der Waals surface area contributed by atoms with Gasteiger partial charge in [-0.25, -0.2) is 4.79 Å². The number of hydrogen-bond donors (Lipinski definition) is 0. The van der Waals surface area contributed by atoms with Crippen LogP contribution in [0.4, 0.5) is 0 Å². The third-order valence-corrected chi connectivity index (χ3v) is 4.86. The lowest BCUT2D eigenvalue weighted by Crippen LogP contribution is -3.00. The first-order chi connectivity index (χ1) is 11.9. The van der Waals surface area contributed by atoms with Crippen molar-refractivity contribution in [1.29, 1.82) is 0 Å². The lowest BCUT2D eigenvalue weighted by molar-refractivity contribution is -0.890. The van der Waals surface area contributed by atoms with Crippen molar-refractivity contribution in [2.45, 2.75) is 90.9 Å². The van der Waals surface area contributed by atoms with E-state index in [1.807, 2.05) is 0 Å². The summed E-state index contributed by atoms with van der Waals surface area (Å²) in [5.41, 5.74) is 0.483. The molecule has 0 aliphatic rings. The molecule has 0 amide bonds. The summed E-state index contributed by atoms with van der Waals surface area (Å²) in [6.45, 7) is 10.5. The van der Waals surface area contributed by atoms with E-state index in [-0.39, 0.29) is 23.0 Å². The molecule has 0 heterocycles. The van der Waals surface area contributed by atoms with Gasteiger partial charge in [-0.2, -0.15) is 0 Å². The largest absolute Gasteiger partial charge is 1.00 e. The van der Waals surface area contributed by atoms with Gasteiger partial charge in [0.25, 0.3) is 0 Å². The first kappa shape index (κ1) is 27.9. The van der Waals surface area contributed by atoms with Gasteiger partial charge in [-0.3, -0.25) is 0 Å². The van der Waals surface area contributed by atoms with Crippen molar-refractivity contribution in [3.8, 4) is 0 Å². The maximum Gasteiger partial charge on any atom is 0.333 e. The number of unbranched alkanes of at least 4 members (excludes halogenated alkanes) is 10. The van der Waals surface area contributed by atoms with Gasteiger partial charge in [0.2, 0.25) is 0 Å². The fourth-order valence-corrected chi connectivity index (χ4v) is 3.07. The summed E-state index contributed by atoms with van der Waals surface area (Å²) in [4.78, 5) is 11.3. The SMILES string of the molecule is C=C(C)C(=O)OCCCC[N+](C)(C)CCCCCCCCCCCC.[Br-]. The van der Waals surface area contributed by atoms with Crippen molar-refractivity contribution in [2.75, 3.05) is 33.8 Å². The number of carbonyl (C=O) groups excluding carboxylic acids is 1. The molecule has 0 bridgehead atoms. The summed E-state index contributed by atoms with van der Waals surface area (Å²) >= 11 is 0. The highest BCUT2D eigenvalue weighted by Gasteiger charge is 2.14. The molecule has 0 aliphatic heterocycles. The minimum atomic E-state index is -0.265. The van der Waals surface area contributed by atoms with E-state index in [0.717, 1.165) is 23.9 Å². The van der Waals surface area contributed by atoms with E-state index in [0.29, 0.717) is 12.2 Å². The second kappa shape index (κ2) is 18.0. The molecule has 26 heavy (non-hydrogen) atoms. The summed E-state index contributed by atoms with van der Waals surface area (Å²) in [6.07, 6.45) is 16.0. The van der Waals surface area contributed by atoms with Crippen LogP contribution in [0.5, 0.6) is 0 Å². The number of rotatable bonds is 17. The molecule has 0 aromatic heterocycles. The molecule has 0 saturated carbocycles. The topological polar surface area (TPSA) is 26.3 Å². The van der Waals surface area contributed by atoms with E-state index < -0.39 is 0 Å². The molecule has 156 valence electrons. The lowest BCUT2D eigenvalue weighted by Gasteiger charge is -2.30. The van der Waals surface area contributed by atoms with Crippen LogP contribution in [0.15, 0.2) is 12.2 Å². The van der Waals surface area contributed by atoms with Crippen molar-refractivity contribution < 1.29 is 31.0 Å². The second-order valence-corrected chi connectivity index (χ2v) is 8.19. The monoisotopic (exact) mass is 433 g/mol. The molecule has 0 aromatic carbocycles. The van der Waals surface area contributed by atoms with Crippen LogP contribution in [-0.2, 0) is 9.53 Å². The zero-order valence-corrected chi connectivity index (χ0v) is 19.5. The molecule has 0 radical (unpaired) electrons. The molecule has 0 fully saturated rings. The molecule has 0 aromatic rings. The predicted octanol–water partition coefficient (Wildman–Crippen LogP) is 2.89. The van der Waals surface area contributed by atoms with Gasteiger partial charge >= 0.3 is 5.97 Å². The Bertz CT molecular complexity index is 356. The lowest BCUT2D eigenvalue weighted by atomic mass is 10.1. The third-order valence-electron chi connectivity index (χ3n) is 4.86. The zero-order valence-electron chi connectivity index (χ0n) is 18.0. The summed E-state index contributed by atoms with van der Waals surface area (Å²) in [6, 6.07) is 0. The van der Waals surface area contributed by atoms with Gasteiger partial charge in [-0.1, -0.05) is 64.9 Å². The molecular formula is C22H44BrNO2. The van der Waals surface area contributed by atoms with Crippen LogP contribution in [0.2, 0.25) is 0 Å². The molecule has 0 spiro atoms. The highest BCUT2D eigenvalue weighted by atomic mass is 79.9. The summed E-state index contributed by atoms with van der Waals surface area (Å²) in [5.74, 6) is -0.265. The van der Waals surface area contributed by atoms with Crippen molar-refractivity contribution >= 4 is 5.97 Å². The first-order valence-electron chi connectivity index (χ1n) is 10.5. The maximum atomic E-state index is 11.3. The van der Waals surface area contributed by atoms with E-state index in [4.69, 9.17) is 4.74 Å². The fraction of sp³-hybridized carbons (Fsp3) is 0.864. The average molecular weight is 435 g/mol. The smallest absolute Gasteiger partial charge is 0.333 e. The van der Waals surface area contributed by atoms with Crippen molar-refractivity contribution in [3.63, 3.8) is 0 Å². The van der Waals surface area contributed by atoms with E-state index in [2.05, 4.69) is 27.6 Å². The quantitative estimate of drug-likeness (QED) is 0.152. The Morgan fingerprint density at radius 3 is 1.69 bits per heavy atom. The van der Waals surface area contributed by atoms with E-state index in [9.17, 15) is 4.79 Å². The van der Waals surface area contributed by atoms with E-state index >= 15 is 0 Å². The highest BCUT2D eigenvalue weighted by Crippen LogP contribution is 2.12. The minimum Gasteiger partial charge on any atom is -1.00 e. The van der Waals surface area contributed by atoms with Crippen molar-refractivity contribution in [3.05, 3.63) is 12.2 Å². The highest BCUT2D eigenvalue weighted by molar-refractivity contribution is 5.86. The Kier molecular flexibility index (Phi) is 19.3. The van der Waals surface area contributed by atoms with E-state index in [1.54, 1.807) is 6.92 Å². The Labute approximate surface area is 173 Å². The number of halogens is 1. The number of hydrogen-bond acceptors (Lipinski definition) is 2. The van der Waals surface area contributed by atoms with Crippen LogP contribution in [0, 0.1) is 0 Å². The van der Waals surface area contributed by atoms with Gasteiger partial charge in [0.15, 0.2) is 0 Å². The summed E-state index contributed by atoms with van der Waals surface area (Å²) < 4.78 is 6.21. The predicted molar refractivity (Wildman–Crippen MR) is 109 cm³/mol. The molecule has 3 nitrogen and oxygen atoms in total. The van der Waals surface area contributed by atoms with Gasteiger partial charge in [0.1, 0.15) is 0 Å².